The first-order valence-electron chi connectivity index (χ1n) is 9.24. The van der Waals surface area contributed by atoms with Gasteiger partial charge in [-0.1, -0.05) is 23.7 Å². The molecule has 0 aliphatic carbocycles. The van der Waals surface area contributed by atoms with E-state index in [9.17, 15) is 4.79 Å². The summed E-state index contributed by atoms with van der Waals surface area (Å²) in [5.74, 6) is 1.35. The van der Waals surface area contributed by atoms with E-state index >= 15 is 0 Å². The first-order valence-corrected chi connectivity index (χ1v) is 10.7. The van der Waals surface area contributed by atoms with Gasteiger partial charge in [0.25, 0.3) is 5.91 Å². The van der Waals surface area contributed by atoms with E-state index in [1.54, 1.807) is 30.7 Å². The quantitative estimate of drug-likeness (QED) is 0.619. The molecule has 150 valence electrons. The highest BCUT2D eigenvalue weighted by atomic mass is 35.5. The van der Waals surface area contributed by atoms with Crippen LogP contribution in [0, 0.1) is 0 Å². The predicted octanol–water partition coefficient (Wildman–Crippen LogP) is 3.34. The molecule has 1 amide bonds. The summed E-state index contributed by atoms with van der Waals surface area (Å²) in [4.78, 5) is 20.9. The molecule has 1 aliphatic rings. The largest absolute Gasteiger partial charge is 0.476 e. The van der Waals surface area contributed by atoms with Crippen molar-refractivity contribution in [1.29, 1.82) is 0 Å². The monoisotopic (exact) mass is 429 g/mol. The zero-order valence-electron chi connectivity index (χ0n) is 15.8. The standard InChI is InChI=1S/C20H20ClN5O2S/c1-14-13-29-16(12-28-19-7-6-15(21)10-22-19)11-25(14)20(27)17-4-2-3-5-18(17)26-23-8-9-24-26/h2-10,14,16H,11-13H2,1H3/t14-,16-/m1/s1. The van der Waals surface area contributed by atoms with E-state index in [2.05, 4.69) is 22.1 Å². The molecule has 1 aromatic carbocycles. The molecule has 3 heterocycles. The molecule has 7 nitrogen and oxygen atoms in total. The summed E-state index contributed by atoms with van der Waals surface area (Å²) in [6.45, 7) is 3.13. The highest BCUT2D eigenvalue weighted by molar-refractivity contribution is 8.00. The van der Waals surface area contributed by atoms with Gasteiger partial charge in [-0.25, -0.2) is 4.98 Å². The number of hydrogen-bond donors (Lipinski definition) is 0. The van der Waals surface area contributed by atoms with Crippen molar-refractivity contribution in [3.8, 4) is 11.6 Å². The normalized spacial score (nSPS) is 19.2. The summed E-state index contributed by atoms with van der Waals surface area (Å²) >= 11 is 7.67. The first-order chi connectivity index (χ1) is 14.1. The summed E-state index contributed by atoms with van der Waals surface area (Å²) in [5.41, 5.74) is 1.26. The van der Waals surface area contributed by atoms with E-state index < -0.39 is 0 Å². The molecule has 1 saturated heterocycles. The second kappa shape index (κ2) is 8.84. The number of hydrogen-bond acceptors (Lipinski definition) is 6. The number of aromatic nitrogens is 4. The number of ether oxygens (including phenoxy) is 1. The second-order valence-electron chi connectivity index (χ2n) is 6.72. The molecule has 0 saturated carbocycles. The van der Waals surface area contributed by atoms with Crippen molar-refractivity contribution in [3.63, 3.8) is 0 Å². The molecule has 0 spiro atoms. The number of carbonyl (C=O) groups excluding carboxylic acids is 1. The van der Waals surface area contributed by atoms with Crippen molar-refractivity contribution >= 4 is 29.3 Å². The summed E-state index contributed by atoms with van der Waals surface area (Å²) in [6, 6.07) is 11.0. The van der Waals surface area contributed by atoms with Crippen LogP contribution < -0.4 is 4.74 Å². The molecule has 0 N–H and O–H groups in total. The minimum atomic E-state index is -0.0275. The highest BCUT2D eigenvalue weighted by Crippen LogP contribution is 2.27. The lowest BCUT2D eigenvalue weighted by Gasteiger charge is -2.37. The van der Waals surface area contributed by atoms with Crippen molar-refractivity contribution < 1.29 is 9.53 Å². The van der Waals surface area contributed by atoms with Crippen molar-refractivity contribution in [2.75, 3.05) is 18.9 Å². The van der Waals surface area contributed by atoms with Gasteiger partial charge in [0.2, 0.25) is 5.88 Å². The zero-order chi connectivity index (χ0) is 20.2. The van der Waals surface area contributed by atoms with E-state index in [-0.39, 0.29) is 17.2 Å². The van der Waals surface area contributed by atoms with Gasteiger partial charge in [0, 0.05) is 30.6 Å². The fraction of sp³-hybridized carbons (Fsp3) is 0.300. The van der Waals surface area contributed by atoms with Crippen LogP contribution in [0.15, 0.2) is 55.0 Å². The van der Waals surface area contributed by atoms with E-state index in [0.717, 1.165) is 5.75 Å². The fourth-order valence-corrected chi connectivity index (χ4v) is 4.42. The van der Waals surface area contributed by atoms with Gasteiger partial charge in [0.15, 0.2) is 0 Å². The van der Waals surface area contributed by atoms with Gasteiger partial charge in [0.1, 0.15) is 6.61 Å². The number of carbonyl (C=O) groups is 1. The molecule has 0 unspecified atom stereocenters. The lowest BCUT2D eigenvalue weighted by Crippen LogP contribution is -2.49. The summed E-state index contributed by atoms with van der Waals surface area (Å²) in [6.07, 6.45) is 4.75. The first kappa shape index (κ1) is 19.7. The molecule has 1 aliphatic heterocycles. The van der Waals surface area contributed by atoms with Gasteiger partial charge in [0.05, 0.1) is 33.9 Å². The van der Waals surface area contributed by atoms with Gasteiger partial charge in [-0.2, -0.15) is 26.8 Å². The number of halogens is 1. The molecule has 29 heavy (non-hydrogen) atoms. The Kier molecular flexibility index (Phi) is 6.01. The minimum absolute atomic E-state index is 0.0275. The van der Waals surface area contributed by atoms with Crippen LogP contribution in [0.5, 0.6) is 5.88 Å². The molecule has 0 bridgehead atoms. The number of amides is 1. The van der Waals surface area contributed by atoms with Crippen molar-refractivity contribution in [3.05, 3.63) is 65.6 Å². The number of benzene rings is 1. The highest BCUT2D eigenvalue weighted by Gasteiger charge is 2.31. The molecule has 2 atom stereocenters. The Bertz CT molecular complexity index is 967. The Hall–Kier alpha value is -2.58. The Labute approximate surface area is 178 Å². The number of pyridine rings is 1. The molecule has 1 fully saturated rings. The van der Waals surface area contributed by atoms with Gasteiger partial charge in [-0.3, -0.25) is 4.79 Å². The molecular formula is C20H20ClN5O2S. The second-order valence-corrected chi connectivity index (χ2v) is 8.49. The molecular weight excluding hydrogens is 410 g/mol. The third-order valence-electron chi connectivity index (χ3n) is 4.65. The molecule has 3 aromatic rings. The average molecular weight is 430 g/mol. The van der Waals surface area contributed by atoms with Crippen LogP contribution >= 0.6 is 23.4 Å². The van der Waals surface area contributed by atoms with Crippen molar-refractivity contribution in [1.82, 2.24) is 24.9 Å². The minimum Gasteiger partial charge on any atom is -0.476 e. The number of nitrogens with zero attached hydrogens (tertiary/aromatic N) is 5. The van der Waals surface area contributed by atoms with E-state index in [4.69, 9.17) is 16.3 Å². The van der Waals surface area contributed by atoms with E-state index in [1.807, 2.05) is 40.9 Å². The molecule has 4 rings (SSSR count). The van der Waals surface area contributed by atoms with Crippen LogP contribution in [0.25, 0.3) is 5.69 Å². The SMILES string of the molecule is C[C@@H]1CS[C@@H](COc2ccc(Cl)cn2)CN1C(=O)c1ccccc1-n1nccn1. The topological polar surface area (TPSA) is 73.1 Å². The van der Waals surface area contributed by atoms with Crippen molar-refractivity contribution in [2.45, 2.75) is 18.2 Å². The molecule has 9 heteroatoms. The fourth-order valence-electron chi connectivity index (χ4n) is 3.15. The van der Waals surface area contributed by atoms with Crippen LogP contribution in [0.3, 0.4) is 0 Å². The predicted molar refractivity (Wildman–Crippen MR) is 113 cm³/mol. The van der Waals surface area contributed by atoms with Crippen LogP contribution in [-0.4, -0.2) is 61.0 Å². The summed E-state index contributed by atoms with van der Waals surface area (Å²) in [7, 11) is 0. The zero-order valence-corrected chi connectivity index (χ0v) is 17.4. The number of thioether (sulfide) groups is 1. The summed E-state index contributed by atoms with van der Waals surface area (Å²) in [5, 5.41) is 9.07. The van der Waals surface area contributed by atoms with E-state index in [1.165, 1.54) is 4.80 Å². The van der Waals surface area contributed by atoms with Crippen molar-refractivity contribution in [2.24, 2.45) is 0 Å². The lowest BCUT2D eigenvalue weighted by molar-refractivity contribution is 0.0692. The third-order valence-corrected chi connectivity index (χ3v) is 6.31. The Morgan fingerprint density at radius 3 is 2.79 bits per heavy atom. The van der Waals surface area contributed by atoms with Gasteiger partial charge in [-0.05, 0) is 25.1 Å². The Morgan fingerprint density at radius 1 is 1.24 bits per heavy atom. The van der Waals surface area contributed by atoms with Gasteiger partial charge >= 0.3 is 0 Å². The Balaban J connectivity index is 1.47. The maximum atomic E-state index is 13.4. The van der Waals surface area contributed by atoms with Crippen LogP contribution in [0.4, 0.5) is 0 Å². The maximum Gasteiger partial charge on any atom is 0.256 e. The third kappa shape index (κ3) is 4.54. The maximum absolute atomic E-state index is 13.4. The van der Waals surface area contributed by atoms with Crippen LogP contribution in [0.2, 0.25) is 5.02 Å². The number of para-hydroxylation sites is 1. The summed E-state index contributed by atoms with van der Waals surface area (Å²) < 4.78 is 5.80. The molecule has 0 radical (unpaired) electrons. The van der Waals surface area contributed by atoms with Crippen LogP contribution in [-0.2, 0) is 0 Å². The Morgan fingerprint density at radius 2 is 2.03 bits per heavy atom. The van der Waals surface area contributed by atoms with E-state index in [0.29, 0.717) is 35.3 Å². The number of rotatable bonds is 5. The average Bonchev–Trinajstić information content (AvgIpc) is 3.28. The smallest absolute Gasteiger partial charge is 0.256 e. The molecule has 2 aromatic heterocycles. The van der Waals surface area contributed by atoms with Crippen LogP contribution in [0.1, 0.15) is 17.3 Å². The van der Waals surface area contributed by atoms with Gasteiger partial charge < -0.3 is 9.64 Å². The lowest BCUT2D eigenvalue weighted by atomic mass is 10.1. The van der Waals surface area contributed by atoms with Gasteiger partial charge in [-0.15, -0.1) is 0 Å².